The average molecular weight is 481 g/mol. The molecule has 4 rings (SSSR count). The number of ether oxygens (including phenoxy) is 1. The molecule has 0 radical (unpaired) electrons. The largest absolute Gasteiger partial charge is 0.383 e. The number of carbonyl (C=O) groups excluding carboxylic acids is 1. The van der Waals surface area contributed by atoms with E-state index >= 15 is 0 Å². The Hall–Kier alpha value is -3.01. The lowest BCUT2D eigenvalue weighted by Crippen LogP contribution is -2.31. The van der Waals surface area contributed by atoms with Crippen LogP contribution in [0.2, 0.25) is 0 Å². The summed E-state index contributed by atoms with van der Waals surface area (Å²) in [7, 11) is 1.57. The van der Waals surface area contributed by atoms with Crippen LogP contribution in [0.25, 0.3) is 11.7 Å². The normalized spacial score (nSPS) is 15.1. The van der Waals surface area contributed by atoms with Gasteiger partial charge in [0.15, 0.2) is 0 Å². The van der Waals surface area contributed by atoms with Gasteiger partial charge in [0.25, 0.3) is 11.5 Å². The van der Waals surface area contributed by atoms with Gasteiger partial charge in [-0.1, -0.05) is 59.9 Å². The Kier molecular flexibility index (Phi) is 6.92. The maximum Gasteiger partial charge on any atom is 0.267 e. The first-order valence-corrected chi connectivity index (χ1v) is 11.7. The van der Waals surface area contributed by atoms with Crippen LogP contribution in [0.5, 0.6) is 0 Å². The van der Waals surface area contributed by atoms with Crippen LogP contribution in [0.15, 0.2) is 52.3 Å². The van der Waals surface area contributed by atoms with Gasteiger partial charge in [-0.3, -0.25) is 18.9 Å². The van der Waals surface area contributed by atoms with Crippen LogP contribution < -0.4 is 10.9 Å². The van der Waals surface area contributed by atoms with Crippen molar-refractivity contribution in [3.63, 3.8) is 0 Å². The minimum absolute atomic E-state index is 0.236. The van der Waals surface area contributed by atoms with Gasteiger partial charge in [-0.2, -0.15) is 0 Å². The smallest absolute Gasteiger partial charge is 0.267 e. The third-order valence-electron chi connectivity index (χ3n) is 5.33. The number of rotatable bonds is 7. The summed E-state index contributed by atoms with van der Waals surface area (Å²) in [4.78, 5) is 33.0. The molecule has 0 unspecified atom stereocenters. The predicted molar refractivity (Wildman–Crippen MR) is 136 cm³/mol. The zero-order chi connectivity index (χ0) is 23.5. The van der Waals surface area contributed by atoms with E-state index < -0.39 is 0 Å². The molecule has 0 aliphatic carbocycles. The number of amides is 1. The van der Waals surface area contributed by atoms with E-state index in [9.17, 15) is 9.59 Å². The number of nitrogens with one attached hydrogen (secondary N) is 1. The van der Waals surface area contributed by atoms with Crippen LogP contribution in [0, 0.1) is 13.8 Å². The lowest BCUT2D eigenvalue weighted by atomic mass is 10.1. The van der Waals surface area contributed by atoms with Gasteiger partial charge in [-0.15, -0.1) is 0 Å². The Morgan fingerprint density at radius 3 is 2.67 bits per heavy atom. The van der Waals surface area contributed by atoms with Gasteiger partial charge in [0.2, 0.25) is 0 Å². The average Bonchev–Trinajstić information content (AvgIpc) is 3.07. The molecule has 3 heterocycles. The summed E-state index contributed by atoms with van der Waals surface area (Å²) in [5.41, 5.74) is 3.75. The molecular formula is C24H24N4O3S2. The fourth-order valence-electron chi connectivity index (χ4n) is 3.47. The molecule has 170 valence electrons. The Labute approximate surface area is 201 Å². The van der Waals surface area contributed by atoms with E-state index in [1.54, 1.807) is 25.4 Å². The number of thiocarbonyl (C=S) groups is 1. The fourth-order valence-corrected chi connectivity index (χ4v) is 4.77. The maximum absolute atomic E-state index is 13.4. The molecule has 33 heavy (non-hydrogen) atoms. The van der Waals surface area contributed by atoms with Crippen LogP contribution >= 0.6 is 24.0 Å². The second kappa shape index (κ2) is 9.86. The van der Waals surface area contributed by atoms with E-state index in [0.29, 0.717) is 46.0 Å². The van der Waals surface area contributed by atoms with Gasteiger partial charge >= 0.3 is 0 Å². The van der Waals surface area contributed by atoms with Crippen molar-refractivity contribution in [2.75, 3.05) is 25.6 Å². The highest BCUT2D eigenvalue weighted by atomic mass is 32.2. The number of anilines is 1. The summed E-state index contributed by atoms with van der Waals surface area (Å²) in [5.74, 6) is 0.192. The van der Waals surface area contributed by atoms with Crippen molar-refractivity contribution in [1.29, 1.82) is 0 Å². The fraction of sp³-hybridized carbons (Fsp3) is 0.250. The number of benzene rings is 1. The second-order valence-electron chi connectivity index (χ2n) is 7.73. The number of fused-ring (bicyclic) bond motifs is 1. The van der Waals surface area contributed by atoms with Gasteiger partial charge in [0.1, 0.15) is 15.8 Å². The Balaban J connectivity index is 1.76. The number of aromatic nitrogens is 2. The highest BCUT2D eigenvalue weighted by molar-refractivity contribution is 8.26. The molecule has 2 aromatic heterocycles. The first-order valence-electron chi connectivity index (χ1n) is 10.4. The molecule has 1 aromatic carbocycles. The molecule has 7 nitrogen and oxygen atoms in total. The lowest BCUT2D eigenvalue weighted by Gasteiger charge is -2.13. The Bertz CT molecular complexity index is 1320. The van der Waals surface area contributed by atoms with Crippen molar-refractivity contribution < 1.29 is 9.53 Å². The second-order valence-corrected chi connectivity index (χ2v) is 9.41. The van der Waals surface area contributed by atoms with E-state index in [-0.39, 0.29) is 11.5 Å². The summed E-state index contributed by atoms with van der Waals surface area (Å²) < 4.78 is 7.03. The number of thioether (sulfide) groups is 1. The predicted octanol–water partition coefficient (Wildman–Crippen LogP) is 3.77. The first kappa shape index (κ1) is 23.2. The van der Waals surface area contributed by atoms with Crippen molar-refractivity contribution in [3.8, 4) is 0 Å². The number of hydrogen-bond acceptors (Lipinski definition) is 7. The summed E-state index contributed by atoms with van der Waals surface area (Å²) >= 11 is 6.55. The first-order chi connectivity index (χ1) is 15.9. The molecule has 0 saturated carbocycles. The molecule has 3 aromatic rings. The number of hydrogen-bond donors (Lipinski definition) is 1. The lowest BCUT2D eigenvalue weighted by molar-refractivity contribution is -0.122. The van der Waals surface area contributed by atoms with E-state index in [2.05, 4.69) is 5.32 Å². The maximum atomic E-state index is 13.4. The van der Waals surface area contributed by atoms with Crippen LogP contribution in [0.1, 0.15) is 22.3 Å². The van der Waals surface area contributed by atoms with Crippen molar-refractivity contribution in [2.45, 2.75) is 20.4 Å². The highest BCUT2D eigenvalue weighted by Crippen LogP contribution is 2.33. The molecule has 0 spiro atoms. The number of aryl methyl sites for hydroxylation is 2. The number of methoxy groups -OCH3 is 1. The van der Waals surface area contributed by atoms with Crippen LogP contribution in [0.3, 0.4) is 0 Å². The quantitative estimate of drug-likeness (QED) is 0.408. The van der Waals surface area contributed by atoms with E-state index in [1.807, 2.05) is 44.2 Å². The Morgan fingerprint density at radius 2 is 1.94 bits per heavy atom. The van der Waals surface area contributed by atoms with Gasteiger partial charge in [0, 0.05) is 19.9 Å². The molecule has 0 bridgehead atoms. The highest BCUT2D eigenvalue weighted by Gasteiger charge is 2.32. The van der Waals surface area contributed by atoms with Crippen molar-refractivity contribution in [2.24, 2.45) is 0 Å². The molecule has 1 aliphatic heterocycles. The number of pyridine rings is 1. The standard InChI is InChI=1S/C24H24N4O3S2/c1-15-6-8-17(9-7-15)14-25-20-18(22(29)27-10-4-5-16(2)21(27)26-20)13-19-23(30)28(11-12-31-3)24(32)33-19/h4-10,13,25H,11-12,14H2,1-3H3. The molecule has 1 fully saturated rings. The summed E-state index contributed by atoms with van der Waals surface area (Å²) in [6.45, 7) is 5.18. The minimum atomic E-state index is -0.253. The summed E-state index contributed by atoms with van der Waals surface area (Å²) in [6, 6.07) is 11.8. The number of nitrogens with zero attached hydrogens (tertiary/aromatic N) is 3. The van der Waals surface area contributed by atoms with Crippen LogP contribution in [0.4, 0.5) is 5.82 Å². The van der Waals surface area contributed by atoms with E-state index in [0.717, 1.165) is 11.1 Å². The van der Waals surface area contributed by atoms with E-state index in [1.165, 1.54) is 26.6 Å². The summed E-state index contributed by atoms with van der Waals surface area (Å²) in [5, 5.41) is 3.30. The number of carbonyl (C=O) groups is 1. The zero-order valence-electron chi connectivity index (χ0n) is 18.6. The molecule has 1 amide bonds. The van der Waals surface area contributed by atoms with Crippen molar-refractivity contribution >= 4 is 51.7 Å². The monoisotopic (exact) mass is 480 g/mol. The molecule has 9 heteroatoms. The van der Waals surface area contributed by atoms with Crippen LogP contribution in [-0.4, -0.2) is 44.8 Å². The van der Waals surface area contributed by atoms with Crippen LogP contribution in [-0.2, 0) is 16.1 Å². The van der Waals surface area contributed by atoms with Gasteiger partial charge < -0.3 is 10.1 Å². The van der Waals surface area contributed by atoms with Gasteiger partial charge in [-0.05, 0) is 37.1 Å². The third kappa shape index (κ3) is 4.85. The van der Waals surface area contributed by atoms with Crippen molar-refractivity contribution in [3.05, 3.63) is 80.1 Å². The molecule has 1 aliphatic rings. The van der Waals surface area contributed by atoms with Crippen molar-refractivity contribution in [1.82, 2.24) is 14.3 Å². The third-order valence-corrected chi connectivity index (χ3v) is 6.71. The van der Waals surface area contributed by atoms with E-state index in [4.69, 9.17) is 21.9 Å². The topological polar surface area (TPSA) is 75.9 Å². The molecule has 1 saturated heterocycles. The molecular weight excluding hydrogens is 456 g/mol. The molecule has 1 N–H and O–H groups in total. The summed E-state index contributed by atoms with van der Waals surface area (Å²) in [6.07, 6.45) is 3.27. The molecule has 0 atom stereocenters. The van der Waals surface area contributed by atoms with Gasteiger partial charge in [0.05, 0.1) is 23.6 Å². The Morgan fingerprint density at radius 1 is 1.18 bits per heavy atom. The zero-order valence-corrected chi connectivity index (χ0v) is 20.3. The minimum Gasteiger partial charge on any atom is -0.383 e. The SMILES string of the molecule is COCCN1C(=O)C(=Cc2c(NCc3ccc(C)cc3)nc3c(C)cccn3c2=O)SC1=S. The van der Waals surface area contributed by atoms with Gasteiger partial charge in [-0.25, -0.2) is 4.98 Å².